The van der Waals surface area contributed by atoms with Crippen LogP contribution in [0.5, 0.6) is 0 Å². The summed E-state index contributed by atoms with van der Waals surface area (Å²) in [4.78, 5) is 26.4. The van der Waals surface area contributed by atoms with Crippen molar-refractivity contribution in [1.82, 2.24) is 19.9 Å². The van der Waals surface area contributed by atoms with Crippen molar-refractivity contribution in [2.75, 3.05) is 25.0 Å². The highest BCUT2D eigenvalue weighted by Gasteiger charge is 2.34. The number of carbonyl (C=O) groups is 1. The molecule has 0 spiro atoms. The van der Waals surface area contributed by atoms with Gasteiger partial charge >= 0.3 is 12.4 Å². The van der Waals surface area contributed by atoms with E-state index in [-0.39, 0.29) is 17.2 Å². The first kappa shape index (κ1) is 28.5. The van der Waals surface area contributed by atoms with Crippen molar-refractivity contribution in [3.8, 4) is 11.3 Å². The second-order valence-corrected chi connectivity index (χ2v) is 9.83. The SMILES string of the molecule is O=CCCN1CCC(c2nc(Nc3ccc(C(F)(F)F)cc3)c3ccc(-c4ncccc4C(F)(F)F)cc3n2)CC1. The Morgan fingerprint density at radius 3 is 2.32 bits per heavy atom. The molecule has 1 N–H and O–H groups in total. The van der Waals surface area contributed by atoms with Crippen LogP contribution in [-0.4, -0.2) is 45.8 Å². The molecular formula is C29H25F6N5O. The third-order valence-electron chi connectivity index (χ3n) is 7.09. The van der Waals surface area contributed by atoms with Crippen LogP contribution in [0.4, 0.5) is 37.8 Å². The van der Waals surface area contributed by atoms with Gasteiger partial charge in [-0.05, 0) is 74.5 Å². The molecule has 12 heteroatoms. The van der Waals surface area contributed by atoms with Gasteiger partial charge in [0.2, 0.25) is 0 Å². The average molecular weight is 574 g/mol. The molecule has 0 aliphatic carbocycles. The molecule has 4 aromatic rings. The van der Waals surface area contributed by atoms with Crippen molar-refractivity contribution in [2.45, 2.75) is 37.5 Å². The Balaban J connectivity index is 1.55. The van der Waals surface area contributed by atoms with E-state index in [1.54, 1.807) is 6.07 Å². The van der Waals surface area contributed by atoms with Crippen LogP contribution < -0.4 is 5.32 Å². The first-order valence-electron chi connectivity index (χ1n) is 13.0. The van der Waals surface area contributed by atoms with E-state index >= 15 is 0 Å². The summed E-state index contributed by atoms with van der Waals surface area (Å²) >= 11 is 0. The number of hydrogen-bond donors (Lipinski definition) is 1. The Labute approximate surface area is 231 Å². The number of aldehydes is 1. The molecule has 0 unspecified atom stereocenters. The zero-order valence-electron chi connectivity index (χ0n) is 21.6. The quantitative estimate of drug-likeness (QED) is 0.186. The highest BCUT2D eigenvalue weighted by molar-refractivity contribution is 5.93. The van der Waals surface area contributed by atoms with Crippen molar-refractivity contribution in [2.24, 2.45) is 0 Å². The normalized spacial score (nSPS) is 15.3. The molecule has 0 atom stereocenters. The van der Waals surface area contributed by atoms with Gasteiger partial charge < -0.3 is 15.0 Å². The maximum absolute atomic E-state index is 13.7. The summed E-state index contributed by atoms with van der Waals surface area (Å²) in [6.07, 6.45) is -5.07. The van der Waals surface area contributed by atoms with E-state index in [0.717, 1.165) is 37.6 Å². The molecule has 1 saturated heterocycles. The molecular weight excluding hydrogens is 548 g/mol. The summed E-state index contributed by atoms with van der Waals surface area (Å²) in [5.74, 6) is 0.761. The lowest BCUT2D eigenvalue weighted by Crippen LogP contribution is -2.34. The van der Waals surface area contributed by atoms with Gasteiger partial charge in [-0.2, -0.15) is 26.3 Å². The predicted molar refractivity (Wildman–Crippen MR) is 142 cm³/mol. The summed E-state index contributed by atoms with van der Waals surface area (Å²) in [6.45, 7) is 2.11. The first-order chi connectivity index (χ1) is 19.5. The van der Waals surface area contributed by atoms with Crippen LogP contribution in [-0.2, 0) is 17.1 Å². The van der Waals surface area contributed by atoms with Crippen LogP contribution in [0.1, 0.15) is 42.1 Å². The monoisotopic (exact) mass is 573 g/mol. The second-order valence-electron chi connectivity index (χ2n) is 9.83. The van der Waals surface area contributed by atoms with Crippen LogP contribution in [0, 0.1) is 0 Å². The number of rotatable bonds is 7. The molecule has 1 aliphatic heterocycles. The second kappa shape index (κ2) is 11.4. The number of nitrogens with one attached hydrogen (secondary N) is 1. The number of piperidine rings is 1. The molecule has 41 heavy (non-hydrogen) atoms. The minimum Gasteiger partial charge on any atom is -0.340 e. The molecule has 2 aromatic carbocycles. The topological polar surface area (TPSA) is 71.0 Å². The van der Waals surface area contributed by atoms with E-state index in [2.05, 4.69) is 15.2 Å². The van der Waals surface area contributed by atoms with Crippen LogP contribution in [0.15, 0.2) is 60.8 Å². The maximum Gasteiger partial charge on any atom is 0.418 e. The molecule has 1 aliphatic rings. The number of alkyl halides is 6. The zero-order chi connectivity index (χ0) is 29.2. The van der Waals surface area contributed by atoms with E-state index in [1.807, 2.05) is 0 Å². The van der Waals surface area contributed by atoms with Gasteiger partial charge in [0.1, 0.15) is 17.9 Å². The van der Waals surface area contributed by atoms with Gasteiger partial charge in [0.05, 0.1) is 22.3 Å². The highest BCUT2D eigenvalue weighted by atomic mass is 19.4. The van der Waals surface area contributed by atoms with Gasteiger partial charge in [-0.3, -0.25) is 4.98 Å². The summed E-state index contributed by atoms with van der Waals surface area (Å²) in [7, 11) is 0. The van der Waals surface area contributed by atoms with Crippen molar-refractivity contribution < 1.29 is 31.1 Å². The van der Waals surface area contributed by atoms with Crippen molar-refractivity contribution >= 4 is 28.7 Å². The summed E-state index contributed by atoms with van der Waals surface area (Å²) in [6, 6.07) is 11.3. The molecule has 6 nitrogen and oxygen atoms in total. The van der Waals surface area contributed by atoms with E-state index in [0.29, 0.717) is 54.0 Å². The molecule has 2 aromatic heterocycles. The number of aromatic nitrogens is 3. The Morgan fingerprint density at radius 2 is 1.66 bits per heavy atom. The number of carbonyl (C=O) groups excluding carboxylic acids is 1. The molecule has 0 radical (unpaired) electrons. The largest absolute Gasteiger partial charge is 0.418 e. The third-order valence-corrected chi connectivity index (χ3v) is 7.09. The van der Waals surface area contributed by atoms with E-state index in [9.17, 15) is 31.1 Å². The van der Waals surface area contributed by atoms with Crippen molar-refractivity contribution in [3.05, 3.63) is 77.7 Å². The van der Waals surface area contributed by atoms with Crippen LogP contribution >= 0.6 is 0 Å². The molecule has 214 valence electrons. The summed E-state index contributed by atoms with van der Waals surface area (Å²) in [5, 5.41) is 3.56. The molecule has 0 saturated carbocycles. The van der Waals surface area contributed by atoms with Crippen LogP contribution in [0.25, 0.3) is 22.2 Å². The van der Waals surface area contributed by atoms with Gasteiger partial charge in [0.25, 0.3) is 0 Å². The van der Waals surface area contributed by atoms with Crippen LogP contribution in [0.2, 0.25) is 0 Å². The number of fused-ring (bicyclic) bond motifs is 1. The number of hydrogen-bond acceptors (Lipinski definition) is 6. The molecule has 3 heterocycles. The van der Waals surface area contributed by atoms with Gasteiger partial charge in [0.15, 0.2) is 0 Å². The van der Waals surface area contributed by atoms with Gasteiger partial charge in [-0.15, -0.1) is 0 Å². The van der Waals surface area contributed by atoms with E-state index < -0.39 is 23.5 Å². The third kappa shape index (κ3) is 6.48. The van der Waals surface area contributed by atoms with Gasteiger partial charge in [0, 0.05) is 41.7 Å². The van der Waals surface area contributed by atoms with Gasteiger partial charge in [-0.25, -0.2) is 9.97 Å². The minimum atomic E-state index is -4.61. The van der Waals surface area contributed by atoms with Gasteiger partial charge in [-0.1, -0.05) is 6.07 Å². The lowest BCUT2D eigenvalue weighted by molar-refractivity contribution is -0.138. The van der Waals surface area contributed by atoms with Crippen LogP contribution in [0.3, 0.4) is 0 Å². The number of benzene rings is 2. The lowest BCUT2D eigenvalue weighted by atomic mass is 9.95. The Hall–Kier alpha value is -4.06. The first-order valence-corrected chi connectivity index (χ1v) is 13.0. The fraction of sp³-hybridized carbons (Fsp3) is 0.310. The Bertz CT molecular complexity index is 1530. The minimum absolute atomic E-state index is 0.0516. The lowest BCUT2D eigenvalue weighted by Gasteiger charge is -2.31. The summed E-state index contributed by atoms with van der Waals surface area (Å²) < 4.78 is 80.3. The smallest absolute Gasteiger partial charge is 0.340 e. The number of pyridine rings is 1. The zero-order valence-corrected chi connectivity index (χ0v) is 21.6. The maximum atomic E-state index is 13.7. The number of nitrogens with zero attached hydrogens (tertiary/aromatic N) is 4. The number of likely N-dealkylation sites (tertiary alicyclic amines) is 1. The predicted octanol–water partition coefficient (Wildman–Crippen LogP) is 7.24. The van der Waals surface area contributed by atoms with E-state index in [4.69, 9.17) is 9.97 Å². The number of halogens is 6. The Morgan fingerprint density at radius 1 is 0.927 bits per heavy atom. The fourth-order valence-electron chi connectivity index (χ4n) is 4.97. The highest BCUT2D eigenvalue weighted by Crippen LogP contribution is 2.38. The van der Waals surface area contributed by atoms with E-state index in [1.165, 1.54) is 36.5 Å². The van der Waals surface area contributed by atoms with Crippen molar-refractivity contribution in [1.29, 1.82) is 0 Å². The standard InChI is InChI=1S/C29H25F6N5O/c30-28(31,32)20-5-7-21(8-6-20)37-27-22-9-4-19(25-23(29(33,34)35)3-1-12-36-25)17-24(22)38-26(39-27)18-10-14-40(15-11-18)13-2-16-41/h1,3-9,12,16-18H,2,10-11,13-15H2,(H,37,38,39). The Kier molecular flexibility index (Phi) is 7.94. The number of anilines is 2. The molecule has 1 fully saturated rings. The molecule has 0 bridgehead atoms. The molecule has 0 amide bonds. The molecule has 5 rings (SSSR count). The average Bonchev–Trinajstić information content (AvgIpc) is 2.95. The summed E-state index contributed by atoms with van der Waals surface area (Å²) in [5.41, 5.74) is -0.940. The fourth-order valence-corrected chi connectivity index (χ4v) is 4.97. The van der Waals surface area contributed by atoms with Crippen molar-refractivity contribution in [3.63, 3.8) is 0 Å².